The smallest absolute Gasteiger partial charge is 0.155 e. The molecule has 0 saturated heterocycles. The maximum atomic E-state index is 10.0. The van der Waals surface area contributed by atoms with Gasteiger partial charge in [0, 0.05) is 44.3 Å². The number of carbonyl (C=O) groups excluding carboxylic acids is 1. The molecule has 0 amide bonds. The molecule has 0 unspecified atom stereocenters. The first-order chi connectivity index (χ1) is 14.3. The van der Waals surface area contributed by atoms with Crippen molar-refractivity contribution >= 4 is 16.7 Å². The predicted molar refractivity (Wildman–Crippen MR) is 122 cm³/mol. The Bertz CT molecular complexity index is 1210. The summed E-state index contributed by atoms with van der Waals surface area (Å²) in [7, 11) is 0. The maximum Gasteiger partial charge on any atom is 0.155 e. The van der Waals surface area contributed by atoms with E-state index in [0.717, 1.165) is 27.8 Å². The molecular formula is C26H25IrN2O2-. The van der Waals surface area contributed by atoms with Gasteiger partial charge in [-0.05, 0) is 49.2 Å². The minimum absolute atomic E-state index is 0. The fourth-order valence-corrected chi connectivity index (χ4v) is 3.04. The molecule has 1 radical (unpaired) electrons. The van der Waals surface area contributed by atoms with Gasteiger partial charge in [0.25, 0.3) is 0 Å². The van der Waals surface area contributed by atoms with Crippen LogP contribution in [0.3, 0.4) is 0 Å². The van der Waals surface area contributed by atoms with Crippen LogP contribution in [-0.4, -0.2) is 20.4 Å². The van der Waals surface area contributed by atoms with Gasteiger partial charge in [-0.1, -0.05) is 32.0 Å². The van der Waals surface area contributed by atoms with Gasteiger partial charge < -0.3 is 9.67 Å². The third kappa shape index (κ3) is 6.48. The van der Waals surface area contributed by atoms with Crippen molar-refractivity contribution in [1.29, 1.82) is 0 Å². The van der Waals surface area contributed by atoms with Gasteiger partial charge in [-0.3, -0.25) is 9.78 Å². The van der Waals surface area contributed by atoms with Crippen LogP contribution in [0.25, 0.3) is 27.8 Å². The number of pyridine rings is 1. The third-order valence-corrected chi connectivity index (χ3v) is 4.69. The molecule has 31 heavy (non-hydrogen) atoms. The Balaban J connectivity index is 0.000000373. The Hall–Kier alpha value is -3.01. The van der Waals surface area contributed by atoms with Gasteiger partial charge in [-0.2, -0.15) is 0 Å². The van der Waals surface area contributed by atoms with E-state index in [-0.39, 0.29) is 31.6 Å². The van der Waals surface area contributed by atoms with E-state index in [0.29, 0.717) is 0 Å². The molecule has 0 fully saturated rings. The second kappa shape index (κ2) is 10.9. The average Bonchev–Trinajstić information content (AvgIpc) is 3.23. The molecule has 0 aliphatic rings. The normalized spacial score (nSPS) is 10.8. The largest absolute Gasteiger partial charge is 0.512 e. The van der Waals surface area contributed by atoms with Gasteiger partial charge in [-0.15, -0.1) is 34.9 Å². The van der Waals surface area contributed by atoms with Gasteiger partial charge in [-0.25, -0.2) is 0 Å². The summed E-state index contributed by atoms with van der Waals surface area (Å²) in [5, 5.41) is 9.51. The van der Waals surface area contributed by atoms with Gasteiger partial charge in [0.15, 0.2) is 5.78 Å². The Morgan fingerprint density at radius 1 is 1.03 bits per heavy atom. The average molecular weight is 590 g/mol. The Morgan fingerprint density at radius 3 is 2.29 bits per heavy atom. The molecule has 4 nitrogen and oxygen atoms in total. The zero-order valence-electron chi connectivity index (χ0n) is 18.0. The van der Waals surface area contributed by atoms with E-state index in [1.807, 2.05) is 30.6 Å². The number of allylic oxidation sites excluding steroid dienone is 2. The van der Waals surface area contributed by atoms with Crippen LogP contribution in [0, 0.1) is 19.9 Å². The van der Waals surface area contributed by atoms with E-state index in [1.165, 1.54) is 31.1 Å². The summed E-state index contributed by atoms with van der Waals surface area (Å²) in [4.78, 5) is 14.9. The van der Waals surface area contributed by atoms with Crippen LogP contribution in [-0.2, 0) is 24.9 Å². The number of carbonyl (C=O) groups is 1. The van der Waals surface area contributed by atoms with E-state index >= 15 is 0 Å². The molecule has 0 aliphatic carbocycles. The number of hydrogen-bond donors (Lipinski definition) is 1. The number of nitrogens with zero attached hydrogens (tertiary/aromatic N) is 2. The summed E-state index contributed by atoms with van der Waals surface area (Å²) in [5.74, 6) is -0.0625. The zero-order valence-corrected chi connectivity index (χ0v) is 20.4. The number of hydrogen-bond acceptors (Lipinski definition) is 3. The van der Waals surface area contributed by atoms with Crippen molar-refractivity contribution in [1.82, 2.24) is 9.55 Å². The summed E-state index contributed by atoms with van der Waals surface area (Å²) < 4.78 is 2.09. The third-order valence-electron chi connectivity index (χ3n) is 4.69. The second-order valence-corrected chi connectivity index (χ2v) is 7.27. The molecule has 0 spiro atoms. The molecular weight excluding hydrogens is 565 g/mol. The molecule has 0 aliphatic heterocycles. The van der Waals surface area contributed by atoms with Gasteiger partial charge in [0.2, 0.25) is 0 Å². The van der Waals surface area contributed by atoms with Crippen molar-refractivity contribution in [2.24, 2.45) is 0 Å². The van der Waals surface area contributed by atoms with E-state index < -0.39 is 0 Å². The van der Waals surface area contributed by atoms with Crippen LogP contribution >= 0.6 is 0 Å². The predicted octanol–water partition coefficient (Wildman–Crippen LogP) is 6.14. The van der Waals surface area contributed by atoms with Crippen LogP contribution < -0.4 is 0 Å². The Morgan fingerprint density at radius 2 is 1.71 bits per heavy atom. The van der Waals surface area contributed by atoms with Crippen LogP contribution in [0.15, 0.2) is 78.8 Å². The topological polar surface area (TPSA) is 55.1 Å². The molecule has 4 rings (SSSR count). The number of aromatic nitrogens is 2. The van der Waals surface area contributed by atoms with Crippen LogP contribution in [0.2, 0.25) is 0 Å². The molecule has 1 N–H and O–H groups in total. The summed E-state index contributed by atoms with van der Waals surface area (Å²) >= 11 is 0. The van der Waals surface area contributed by atoms with E-state index in [4.69, 9.17) is 10.1 Å². The fourth-order valence-electron chi connectivity index (χ4n) is 3.04. The standard InChI is InChI=1S/C21H17N2.C5H8O2.Ir/c1-15-5-6-18(13-16(15)2)20-10-8-17-7-9-19(14-21(17)22-20)23-11-3-4-12-23;1-4(6)3-5(2)7;/h3-5,7-14H,1-2H3;3,6H,1-2H3;/q-1;;/b;4-3-;. The van der Waals surface area contributed by atoms with E-state index in [9.17, 15) is 4.79 Å². The van der Waals surface area contributed by atoms with E-state index in [2.05, 4.69) is 60.9 Å². The molecule has 0 saturated carbocycles. The number of benzene rings is 2. The number of aliphatic hydroxyl groups is 1. The van der Waals surface area contributed by atoms with Crippen LogP contribution in [0.5, 0.6) is 0 Å². The number of rotatable bonds is 3. The van der Waals surface area contributed by atoms with Gasteiger partial charge in [0.1, 0.15) is 0 Å². The number of ketones is 1. The van der Waals surface area contributed by atoms with E-state index in [1.54, 1.807) is 0 Å². The number of fused-ring (bicyclic) bond motifs is 1. The second-order valence-electron chi connectivity index (χ2n) is 7.27. The maximum absolute atomic E-state index is 10.0. The summed E-state index contributed by atoms with van der Waals surface area (Å²) in [6.45, 7) is 7.08. The summed E-state index contributed by atoms with van der Waals surface area (Å²) in [6, 6.07) is 22.1. The minimum Gasteiger partial charge on any atom is -0.512 e. The first kappa shape index (κ1) is 24.3. The van der Waals surface area contributed by atoms with Gasteiger partial charge in [0.05, 0.1) is 11.3 Å². The molecule has 0 atom stereocenters. The molecule has 4 aromatic rings. The number of aliphatic hydroxyl groups excluding tert-OH is 1. The first-order valence-electron chi connectivity index (χ1n) is 9.75. The molecule has 5 heteroatoms. The monoisotopic (exact) mass is 590 g/mol. The van der Waals surface area contributed by atoms with Crippen LogP contribution in [0.1, 0.15) is 25.0 Å². The van der Waals surface area contributed by atoms with Crippen molar-refractivity contribution in [3.63, 3.8) is 0 Å². The Kier molecular flexibility index (Phi) is 8.49. The molecule has 161 valence electrons. The minimum atomic E-state index is -0.125. The van der Waals surface area contributed by atoms with Crippen LogP contribution in [0.4, 0.5) is 0 Å². The Labute approximate surface area is 196 Å². The van der Waals surface area contributed by atoms with Crippen molar-refractivity contribution in [3.05, 3.63) is 96.0 Å². The summed E-state index contributed by atoms with van der Waals surface area (Å²) in [5.41, 5.74) is 6.65. The first-order valence-corrected chi connectivity index (χ1v) is 9.75. The van der Waals surface area contributed by atoms with Crippen molar-refractivity contribution < 1.29 is 30.0 Å². The zero-order chi connectivity index (χ0) is 21.7. The SMILES string of the molecule is CC(=O)/C=C(/C)O.Cc1c[c-]c(-c2ccc3ccc(-n4cccc4)cc3n2)cc1C.[Ir]. The molecule has 2 heterocycles. The van der Waals surface area contributed by atoms with Crippen molar-refractivity contribution in [2.75, 3.05) is 0 Å². The van der Waals surface area contributed by atoms with Crippen molar-refractivity contribution in [2.45, 2.75) is 27.7 Å². The fraction of sp³-hybridized carbons (Fsp3) is 0.154. The molecule has 0 bridgehead atoms. The molecule has 2 aromatic carbocycles. The van der Waals surface area contributed by atoms with Crippen molar-refractivity contribution in [3.8, 4) is 16.9 Å². The molecule has 2 aromatic heterocycles. The van der Waals surface area contributed by atoms with Gasteiger partial charge >= 0.3 is 0 Å². The quantitative estimate of drug-likeness (QED) is 0.177. The summed E-state index contributed by atoms with van der Waals surface area (Å²) in [6.07, 6.45) is 5.25. The number of aryl methyl sites for hydroxylation is 2.